The lowest BCUT2D eigenvalue weighted by atomic mass is 9.94. The monoisotopic (exact) mass is 243 g/mol. The van der Waals surface area contributed by atoms with Crippen LogP contribution in [0, 0.1) is 12.8 Å². The number of nitrogens with zero attached hydrogens (tertiary/aromatic N) is 2. The van der Waals surface area contributed by atoms with Crippen LogP contribution in [0.1, 0.15) is 37.2 Å². The van der Waals surface area contributed by atoms with Gasteiger partial charge in [-0.25, -0.2) is 4.98 Å². The van der Waals surface area contributed by atoms with Gasteiger partial charge in [0.05, 0.1) is 17.1 Å². The van der Waals surface area contributed by atoms with Crippen molar-refractivity contribution in [3.63, 3.8) is 0 Å². The highest BCUT2D eigenvalue weighted by atomic mass is 15.1. The van der Waals surface area contributed by atoms with E-state index in [1.807, 2.05) is 0 Å². The van der Waals surface area contributed by atoms with Crippen molar-refractivity contribution in [1.29, 1.82) is 0 Å². The second kappa shape index (κ2) is 4.39. The van der Waals surface area contributed by atoms with Crippen LogP contribution in [0.5, 0.6) is 0 Å². The Balaban J connectivity index is 2.03. The van der Waals surface area contributed by atoms with E-state index in [-0.39, 0.29) is 0 Å². The Kier molecular flexibility index (Phi) is 2.86. The van der Waals surface area contributed by atoms with Crippen LogP contribution in [0.2, 0.25) is 0 Å². The van der Waals surface area contributed by atoms with E-state index in [0.717, 1.165) is 18.0 Å². The third-order valence-electron chi connectivity index (χ3n) is 4.05. The SMILES string of the molecule is Cc1ccc2c(c1)nc(C1CC(C)CCN1)n2C. The number of hydrogen-bond acceptors (Lipinski definition) is 2. The predicted molar refractivity (Wildman–Crippen MR) is 74.6 cm³/mol. The Hall–Kier alpha value is -1.35. The molecular weight excluding hydrogens is 222 g/mol. The topological polar surface area (TPSA) is 29.9 Å². The fraction of sp³-hybridized carbons (Fsp3) is 0.533. The molecule has 1 fully saturated rings. The highest BCUT2D eigenvalue weighted by Crippen LogP contribution is 2.28. The van der Waals surface area contributed by atoms with Gasteiger partial charge in [-0.15, -0.1) is 0 Å². The molecule has 0 saturated carbocycles. The molecular formula is C15H21N3. The number of piperidine rings is 1. The van der Waals surface area contributed by atoms with Crippen molar-refractivity contribution < 1.29 is 0 Å². The summed E-state index contributed by atoms with van der Waals surface area (Å²) in [5, 5.41) is 3.60. The van der Waals surface area contributed by atoms with Crippen LogP contribution in [0.4, 0.5) is 0 Å². The molecule has 3 heteroatoms. The van der Waals surface area contributed by atoms with Gasteiger partial charge in [-0.1, -0.05) is 13.0 Å². The quantitative estimate of drug-likeness (QED) is 0.834. The third-order valence-corrected chi connectivity index (χ3v) is 4.05. The number of fused-ring (bicyclic) bond motifs is 1. The molecule has 1 aromatic carbocycles. The molecule has 18 heavy (non-hydrogen) atoms. The first-order chi connectivity index (χ1) is 8.65. The van der Waals surface area contributed by atoms with E-state index in [1.165, 1.54) is 29.7 Å². The second-order valence-electron chi connectivity index (χ2n) is 5.66. The first kappa shape index (κ1) is 11.7. The lowest BCUT2D eigenvalue weighted by Crippen LogP contribution is -2.32. The first-order valence-corrected chi connectivity index (χ1v) is 6.81. The van der Waals surface area contributed by atoms with Crippen LogP contribution in [0.3, 0.4) is 0 Å². The maximum Gasteiger partial charge on any atom is 0.126 e. The lowest BCUT2D eigenvalue weighted by Gasteiger charge is -2.27. The van der Waals surface area contributed by atoms with E-state index in [4.69, 9.17) is 4.98 Å². The highest BCUT2D eigenvalue weighted by molar-refractivity contribution is 5.76. The molecule has 0 aliphatic carbocycles. The molecule has 0 radical (unpaired) electrons. The Morgan fingerprint density at radius 3 is 3.00 bits per heavy atom. The molecule has 1 aromatic heterocycles. The Morgan fingerprint density at radius 1 is 1.39 bits per heavy atom. The van der Waals surface area contributed by atoms with E-state index in [9.17, 15) is 0 Å². The predicted octanol–water partition coefficient (Wildman–Crippen LogP) is 2.94. The van der Waals surface area contributed by atoms with Crippen LogP contribution in [-0.4, -0.2) is 16.1 Å². The van der Waals surface area contributed by atoms with E-state index in [1.54, 1.807) is 0 Å². The molecule has 3 rings (SSSR count). The molecule has 0 bridgehead atoms. The average Bonchev–Trinajstić information content (AvgIpc) is 2.66. The molecule has 2 atom stereocenters. The van der Waals surface area contributed by atoms with Crippen molar-refractivity contribution in [3.8, 4) is 0 Å². The fourth-order valence-electron chi connectivity index (χ4n) is 2.94. The van der Waals surface area contributed by atoms with Gasteiger partial charge in [0.2, 0.25) is 0 Å². The molecule has 0 spiro atoms. The van der Waals surface area contributed by atoms with Crippen LogP contribution in [-0.2, 0) is 7.05 Å². The summed E-state index contributed by atoms with van der Waals surface area (Å²) in [6, 6.07) is 6.91. The zero-order valence-electron chi connectivity index (χ0n) is 11.4. The van der Waals surface area contributed by atoms with E-state index in [2.05, 4.69) is 49.0 Å². The number of nitrogens with one attached hydrogen (secondary N) is 1. The number of benzene rings is 1. The van der Waals surface area contributed by atoms with Gasteiger partial charge in [-0.2, -0.15) is 0 Å². The van der Waals surface area contributed by atoms with Gasteiger partial charge >= 0.3 is 0 Å². The summed E-state index contributed by atoms with van der Waals surface area (Å²) >= 11 is 0. The number of hydrogen-bond donors (Lipinski definition) is 1. The normalized spacial score (nSPS) is 24.6. The minimum Gasteiger partial charge on any atom is -0.330 e. The highest BCUT2D eigenvalue weighted by Gasteiger charge is 2.23. The Labute approximate surface area is 108 Å². The summed E-state index contributed by atoms with van der Waals surface area (Å²) in [6.45, 7) is 5.56. The Morgan fingerprint density at radius 2 is 2.22 bits per heavy atom. The van der Waals surface area contributed by atoms with Gasteiger partial charge < -0.3 is 9.88 Å². The van der Waals surface area contributed by atoms with Crippen molar-refractivity contribution in [1.82, 2.24) is 14.9 Å². The van der Waals surface area contributed by atoms with Crippen molar-refractivity contribution in [2.45, 2.75) is 32.7 Å². The molecule has 2 unspecified atom stereocenters. The minimum absolute atomic E-state index is 0.409. The number of aromatic nitrogens is 2. The van der Waals surface area contributed by atoms with Crippen LogP contribution in [0.25, 0.3) is 11.0 Å². The van der Waals surface area contributed by atoms with Gasteiger partial charge in [-0.3, -0.25) is 0 Å². The van der Waals surface area contributed by atoms with Gasteiger partial charge in [0.25, 0.3) is 0 Å². The summed E-state index contributed by atoms with van der Waals surface area (Å²) in [5.41, 5.74) is 3.63. The second-order valence-corrected chi connectivity index (χ2v) is 5.66. The third kappa shape index (κ3) is 1.93. The molecule has 0 amide bonds. The maximum absolute atomic E-state index is 4.83. The fourth-order valence-corrected chi connectivity index (χ4v) is 2.94. The molecule has 3 nitrogen and oxygen atoms in total. The smallest absolute Gasteiger partial charge is 0.126 e. The molecule has 2 aromatic rings. The lowest BCUT2D eigenvalue weighted by molar-refractivity contribution is 0.312. The molecule has 2 heterocycles. The summed E-state index contributed by atoms with van der Waals surface area (Å²) < 4.78 is 2.24. The van der Waals surface area contributed by atoms with Gasteiger partial charge in [-0.05, 0) is 49.9 Å². The summed E-state index contributed by atoms with van der Waals surface area (Å²) in [5.74, 6) is 1.97. The maximum atomic E-state index is 4.83. The zero-order valence-corrected chi connectivity index (χ0v) is 11.4. The van der Waals surface area contributed by atoms with Gasteiger partial charge in [0.1, 0.15) is 5.82 Å². The number of aryl methyl sites for hydroxylation is 2. The van der Waals surface area contributed by atoms with Crippen LogP contribution in [0.15, 0.2) is 18.2 Å². The van der Waals surface area contributed by atoms with Crippen LogP contribution < -0.4 is 5.32 Å². The molecule has 1 aliphatic heterocycles. The van der Waals surface area contributed by atoms with Gasteiger partial charge in [0, 0.05) is 7.05 Å². The summed E-state index contributed by atoms with van der Waals surface area (Å²) in [7, 11) is 2.13. The summed E-state index contributed by atoms with van der Waals surface area (Å²) in [4.78, 5) is 4.83. The largest absolute Gasteiger partial charge is 0.330 e. The summed E-state index contributed by atoms with van der Waals surface area (Å²) in [6.07, 6.45) is 2.47. The molecule has 96 valence electrons. The molecule has 1 aliphatic rings. The van der Waals surface area contributed by atoms with E-state index >= 15 is 0 Å². The Bertz CT molecular complexity index is 570. The van der Waals surface area contributed by atoms with Crippen molar-refractivity contribution in [2.24, 2.45) is 13.0 Å². The van der Waals surface area contributed by atoms with E-state index < -0.39 is 0 Å². The standard InChI is InChI=1S/C15H21N3/c1-10-4-5-14-12(8-10)17-15(18(14)3)13-9-11(2)6-7-16-13/h4-5,8,11,13,16H,6-7,9H2,1-3H3. The van der Waals surface area contributed by atoms with Crippen molar-refractivity contribution in [2.75, 3.05) is 6.54 Å². The number of rotatable bonds is 1. The van der Waals surface area contributed by atoms with Crippen LogP contribution >= 0.6 is 0 Å². The average molecular weight is 243 g/mol. The van der Waals surface area contributed by atoms with Gasteiger partial charge in [0.15, 0.2) is 0 Å². The van der Waals surface area contributed by atoms with Crippen molar-refractivity contribution >= 4 is 11.0 Å². The van der Waals surface area contributed by atoms with E-state index in [0.29, 0.717) is 6.04 Å². The molecule has 1 N–H and O–H groups in total. The molecule has 1 saturated heterocycles. The minimum atomic E-state index is 0.409. The number of imidazole rings is 1. The van der Waals surface area contributed by atoms with Crippen molar-refractivity contribution in [3.05, 3.63) is 29.6 Å². The first-order valence-electron chi connectivity index (χ1n) is 6.81. The zero-order chi connectivity index (χ0) is 12.7.